The van der Waals surface area contributed by atoms with Gasteiger partial charge in [0.2, 0.25) is 5.88 Å². The summed E-state index contributed by atoms with van der Waals surface area (Å²) in [6, 6.07) is 4.41. The van der Waals surface area contributed by atoms with Crippen molar-refractivity contribution in [3.63, 3.8) is 0 Å². The summed E-state index contributed by atoms with van der Waals surface area (Å²) in [5.41, 5.74) is -0.0472. The Kier molecular flexibility index (Phi) is 3.82. The molecule has 2 aromatic rings. The van der Waals surface area contributed by atoms with Crippen LogP contribution >= 0.6 is 11.6 Å². The van der Waals surface area contributed by atoms with Crippen LogP contribution in [0, 0.1) is 0 Å². The summed E-state index contributed by atoms with van der Waals surface area (Å²) in [7, 11) is 1.45. The van der Waals surface area contributed by atoms with Crippen molar-refractivity contribution in [1.29, 1.82) is 0 Å². The predicted molar refractivity (Wildman–Crippen MR) is 67.1 cm³/mol. The molecule has 1 N–H and O–H groups in total. The van der Waals surface area contributed by atoms with E-state index in [4.69, 9.17) is 26.2 Å². The van der Waals surface area contributed by atoms with Crippen LogP contribution in [0.2, 0.25) is 5.02 Å². The normalized spacial score (nSPS) is 10.0. The highest BCUT2D eigenvalue weighted by atomic mass is 35.5. The van der Waals surface area contributed by atoms with Gasteiger partial charge in [-0.2, -0.15) is 0 Å². The molecular formula is C12H9ClN2O4. The van der Waals surface area contributed by atoms with Crippen LogP contribution < -0.4 is 9.47 Å². The number of hydrogen-bond acceptors (Lipinski definition) is 5. The van der Waals surface area contributed by atoms with Crippen molar-refractivity contribution < 1.29 is 19.4 Å². The van der Waals surface area contributed by atoms with E-state index in [0.717, 1.165) is 0 Å². The lowest BCUT2D eigenvalue weighted by atomic mass is 10.2. The lowest BCUT2D eigenvalue weighted by Gasteiger charge is -2.09. The second-order valence-corrected chi connectivity index (χ2v) is 3.85. The summed E-state index contributed by atoms with van der Waals surface area (Å²) in [5, 5.41) is 9.32. The first-order chi connectivity index (χ1) is 9.11. The molecule has 19 heavy (non-hydrogen) atoms. The molecule has 0 atom stereocenters. The zero-order valence-corrected chi connectivity index (χ0v) is 10.6. The first-order valence-electron chi connectivity index (χ1n) is 5.16. The van der Waals surface area contributed by atoms with Crippen LogP contribution in [-0.2, 0) is 0 Å². The van der Waals surface area contributed by atoms with Gasteiger partial charge in [0.15, 0.2) is 0 Å². The fraction of sp³-hybridized carbons (Fsp3) is 0.0833. The average Bonchev–Trinajstić information content (AvgIpc) is 2.41. The van der Waals surface area contributed by atoms with Crippen LogP contribution in [-0.4, -0.2) is 28.2 Å². The molecule has 2 rings (SSSR count). The topological polar surface area (TPSA) is 81.5 Å². The van der Waals surface area contributed by atoms with E-state index in [1.165, 1.54) is 31.8 Å². The van der Waals surface area contributed by atoms with Gasteiger partial charge in [0.05, 0.1) is 13.3 Å². The minimum atomic E-state index is -1.14. The monoisotopic (exact) mass is 280 g/mol. The van der Waals surface area contributed by atoms with Crippen LogP contribution in [0.5, 0.6) is 17.4 Å². The fourth-order valence-corrected chi connectivity index (χ4v) is 1.52. The van der Waals surface area contributed by atoms with Crippen LogP contribution in [0.15, 0.2) is 30.7 Å². The van der Waals surface area contributed by atoms with Gasteiger partial charge < -0.3 is 14.6 Å². The molecular weight excluding hydrogens is 272 g/mol. The summed E-state index contributed by atoms with van der Waals surface area (Å²) >= 11 is 5.84. The number of methoxy groups -OCH3 is 1. The molecule has 0 bridgehead atoms. The molecule has 1 aromatic heterocycles. The van der Waals surface area contributed by atoms with E-state index in [-0.39, 0.29) is 22.2 Å². The molecule has 0 radical (unpaired) electrons. The minimum Gasteiger partial charge on any atom is -0.497 e. The Balaban J connectivity index is 2.40. The smallest absolute Gasteiger partial charge is 0.339 e. The van der Waals surface area contributed by atoms with Crippen molar-refractivity contribution in [1.82, 2.24) is 9.97 Å². The highest BCUT2D eigenvalue weighted by molar-refractivity contribution is 6.31. The number of benzene rings is 1. The van der Waals surface area contributed by atoms with E-state index in [0.29, 0.717) is 5.75 Å². The van der Waals surface area contributed by atoms with Crippen molar-refractivity contribution >= 4 is 17.6 Å². The van der Waals surface area contributed by atoms with Crippen LogP contribution in [0.25, 0.3) is 0 Å². The summed E-state index contributed by atoms with van der Waals surface area (Å²) in [6.07, 6.45) is 2.61. The highest BCUT2D eigenvalue weighted by Crippen LogP contribution is 2.30. The maximum absolute atomic E-state index is 11.2. The van der Waals surface area contributed by atoms with Crippen LogP contribution in [0.3, 0.4) is 0 Å². The molecule has 0 aliphatic heterocycles. The van der Waals surface area contributed by atoms with E-state index in [1.807, 2.05) is 0 Å². The maximum Gasteiger partial charge on any atom is 0.339 e. The molecule has 7 heteroatoms. The second-order valence-electron chi connectivity index (χ2n) is 3.45. The second kappa shape index (κ2) is 5.53. The third-order valence-electron chi connectivity index (χ3n) is 2.26. The van der Waals surface area contributed by atoms with Crippen molar-refractivity contribution in [2.24, 2.45) is 0 Å². The van der Waals surface area contributed by atoms with Crippen molar-refractivity contribution in [2.45, 2.75) is 0 Å². The number of carboxylic acid groups (broad SMARTS) is 1. The molecule has 6 nitrogen and oxygen atoms in total. The van der Waals surface area contributed by atoms with Crippen molar-refractivity contribution in [3.05, 3.63) is 41.3 Å². The van der Waals surface area contributed by atoms with Gasteiger partial charge in [0.1, 0.15) is 28.4 Å². The number of carbonyl (C=O) groups is 1. The Bertz CT molecular complexity index is 618. The third-order valence-corrected chi connectivity index (χ3v) is 2.52. The van der Waals surface area contributed by atoms with E-state index >= 15 is 0 Å². The van der Waals surface area contributed by atoms with Gasteiger partial charge in [-0.25, -0.2) is 14.8 Å². The molecule has 0 saturated heterocycles. The Morgan fingerprint density at radius 1 is 1.42 bits per heavy atom. The predicted octanol–water partition coefficient (Wildman–Crippen LogP) is 2.63. The first kappa shape index (κ1) is 13.1. The Morgan fingerprint density at radius 2 is 2.21 bits per heavy atom. The minimum absolute atomic E-state index is 0.0472. The van der Waals surface area contributed by atoms with E-state index in [1.54, 1.807) is 6.07 Å². The molecule has 1 aromatic carbocycles. The molecule has 0 saturated carbocycles. The van der Waals surface area contributed by atoms with Crippen molar-refractivity contribution in [3.8, 4) is 17.4 Å². The molecule has 0 aliphatic rings. The molecule has 0 amide bonds. The number of rotatable bonds is 4. The number of aromatic carboxylic acids is 1. The average molecular weight is 281 g/mol. The molecule has 0 unspecified atom stereocenters. The molecule has 0 spiro atoms. The van der Waals surface area contributed by atoms with Crippen molar-refractivity contribution in [2.75, 3.05) is 7.11 Å². The molecule has 0 aliphatic carbocycles. The number of ether oxygens (including phenoxy) is 2. The van der Waals surface area contributed by atoms with Gasteiger partial charge >= 0.3 is 5.97 Å². The fourth-order valence-electron chi connectivity index (χ4n) is 1.37. The summed E-state index contributed by atoms with van der Waals surface area (Å²) < 4.78 is 10.3. The zero-order chi connectivity index (χ0) is 13.8. The number of carboxylic acids is 1. The summed E-state index contributed by atoms with van der Waals surface area (Å²) in [5.74, 6) is -0.518. The Morgan fingerprint density at radius 3 is 2.84 bits per heavy atom. The maximum atomic E-state index is 11.2. The molecule has 1 heterocycles. The van der Waals surface area contributed by atoms with E-state index < -0.39 is 5.97 Å². The van der Waals surface area contributed by atoms with Gasteiger partial charge in [-0.05, 0) is 18.2 Å². The van der Waals surface area contributed by atoms with E-state index in [9.17, 15) is 4.79 Å². The van der Waals surface area contributed by atoms with Gasteiger partial charge in [0.25, 0.3) is 0 Å². The lowest BCUT2D eigenvalue weighted by Crippen LogP contribution is -2.01. The molecule has 0 fully saturated rings. The highest BCUT2D eigenvalue weighted by Gasteiger charge is 2.15. The number of aromatic nitrogens is 2. The summed E-state index contributed by atoms with van der Waals surface area (Å²) in [4.78, 5) is 18.7. The zero-order valence-electron chi connectivity index (χ0n) is 9.83. The quantitative estimate of drug-likeness (QED) is 0.927. The van der Waals surface area contributed by atoms with Gasteiger partial charge in [-0.1, -0.05) is 11.6 Å². The number of nitrogens with zero attached hydrogens (tertiary/aromatic N) is 2. The third kappa shape index (κ3) is 2.92. The standard InChI is InChI=1S/C12H9ClN2O4/c1-18-7-2-3-10(8(4-7)12(16)17)19-11-9(13)5-14-6-15-11/h2-6H,1H3,(H,16,17). The van der Waals surface area contributed by atoms with Crippen LogP contribution in [0.1, 0.15) is 10.4 Å². The summed E-state index contributed by atoms with van der Waals surface area (Å²) in [6.45, 7) is 0. The first-order valence-corrected chi connectivity index (χ1v) is 5.54. The SMILES string of the molecule is COc1ccc(Oc2ncncc2Cl)c(C(=O)O)c1. The molecule has 98 valence electrons. The van der Waals surface area contributed by atoms with E-state index in [2.05, 4.69) is 9.97 Å². The largest absolute Gasteiger partial charge is 0.497 e. The Hall–Kier alpha value is -2.34. The Labute approximate surface area is 113 Å². The lowest BCUT2D eigenvalue weighted by molar-refractivity contribution is 0.0693. The van der Waals surface area contributed by atoms with Gasteiger partial charge in [-0.3, -0.25) is 0 Å². The van der Waals surface area contributed by atoms with Crippen LogP contribution in [0.4, 0.5) is 0 Å². The van der Waals surface area contributed by atoms with Gasteiger partial charge in [-0.15, -0.1) is 0 Å². The number of halogens is 1. The van der Waals surface area contributed by atoms with Gasteiger partial charge in [0, 0.05) is 0 Å². The number of hydrogen-bond donors (Lipinski definition) is 1.